The highest BCUT2D eigenvalue weighted by molar-refractivity contribution is 7.98. The van der Waals surface area contributed by atoms with Gasteiger partial charge in [-0.2, -0.15) is 0 Å². The second-order valence-corrected chi connectivity index (χ2v) is 9.75. The van der Waals surface area contributed by atoms with Gasteiger partial charge in [-0.25, -0.2) is 15.0 Å². The molecule has 34 heavy (non-hydrogen) atoms. The summed E-state index contributed by atoms with van der Waals surface area (Å²) in [6, 6.07) is 18.0. The van der Waals surface area contributed by atoms with Gasteiger partial charge in [-0.3, -0.25) is 9.36 Å². The van der Waals surface area contributed by atoms with Crippen LogP contribution >= 0.6 is 46.6 Å². The Kier molecular flexibility index (Phi) is 6.49. The van der Waals surface area contributed by atoms with Gasteiger partial charge in [0.25, 0.3) is 5.56 Å². The fourth-order valence-corrected chi connectivity index (χ4v) is 5.10. The number of halogens is 3. The molecule has 0 amide bonds. The maximum atomic E-state index is 13.5. The second kappa shape index (κ2) is 9.55. The smallest absolute Gasteiger partial charge is 0.265 e. The Bertz CT molecular complexity index is 1620. The van der Waals surface area contributed by atoms with Gasteiger partial charge >= 0.3 is 0 Å². The highest BCUT2D eigenvalue weighted by Gasteiger charge is 2.16. The molecule has 0 N–H and O–H groups in total. The Morgan fingerprint density at radius 1 is 0.853 bits per heavy atom. The van der Waals surface area contributed by atoms with Crippen LogP contribution in [0.1, 0.15) is 18.6 Å². The Balaban J connectivity index is 1.65. The molecule has 9 heteroatoms. The van der Waals surface area contributed by atoms with Crippen molar-refractivity contribution >= 4 is 68.4 Å². The largest absolute Gasteiger partial charge is 0.268 e. The number of hydrogen-bond acceptors (Lipinski definition) is 5. The van der Waals surface area contributed by atoms with Gasteiger partial charge in [-0.15, -0.1) is 0 Å². The summed E-state index contributed by atoms with van der Waals surface area (Å²) in [6.45, 7) is 2.01. The lowest BCUT2D eigenvalue weighted by atomic mass is 10.2. The molecule has 0 atom stereocenters. The van der Waals surface area contributed by atoms with Gasteiger partial charge < -0.3 is 0 Å². The monoisotopic (exact) mass is 526 g/mol. The molecular formula is C25H17Cl3N4OS. The van der Waals surface area contributed by atoms with E-state index in [0.717, 1.165) is 21.8 Å². The lowest BCUT2D eigenvalue weighted by molar-refractivity contribution is 0.880. The normalized spacial score (nSPS) is 11.4. The highest BCUT2D eigenvalue weighted by atomic mass is 35.5. The van der Waals surface area contributed by atoms with Gasteiger partial charge in [0, 0.05) is 16.8 Å². The van der Waals surface area contributed by atoms with E-state index in [2.05, 4.69) is 4.98 Å². The molecule has 0 aliphatic carbocycles. The summed E-state index contributed by atoms with van der Waals surface area (Å²) in [5, 5.41) is 3.56. The third kappa shape index (κ3) is 4.39. The minimum Gasteiger partial charge on any atom is -0.268 e. The summed E-state index contributed by atoms with van der Waals surface area (Å²) in [7, 11) is 0. The van der Waals surface area contributed by atoms with Gasteiger partial charge in [-0.1, -0.05) is 65.6 Å². The Labute approximate surface area is 214 Å². The topological polar surface area (TPSA) is 60.7 Å². The molecule has 5 nitrogen and oxygen atoms in total. The van der Waals surface area contributed by atoms with E-state index in [-0.39, 0.29) is 5.56 Å². The van der Waals surface area contributed by atoms with Crippen molar-refractivity contribution in [2.75, 3.05) is 0 Å². The van der Waals surface area contributed by atoms with Gasteiger partial charge in [-0.05, 0) is 48.5 Å². The van der Waals surface area contributed by atoms with Crippen molar-refractivity contribution in [2.45, 2.75) is 24.1 Å². The molecule has 0 fully saturated rings. The molecule has 0 radical (unpaired) electrons. The van der Waals surface area contributed by atoms with E-state index in [1.54, 1.807) is 28.8 Å². The summed E-state index contributed by atoms with van der Waals surface area (Å²) >= 11 is 20.1. The molecule has 2 heterocycles. The van der Waals surface area contributed by atoms with Crippen LogP contribution in [0.15, 0.2) is 70.5 Å². The highest BCUT2D eigenvalue weighted by Crippen LogP contribution is 2.31. The van der Waals surface area contributed by atoms with E-state index in [0.29, 0.717) is 49.7 Å². The Morgan fingerprint density at radius 3 is 2.44 bits per heavy atom. The minimum atomic E-state index is -0.176. The number of rotatable bonds is 5. The van der Waals surface area contributed by atoms with E-state index in [1.807, 2.05) is 43.3 Å². The molecule has 0 aliphatic rings. The molecule has 0 aliphatic heterocycles. The number of hydrogen-bond donors (Lipinski definition) is 0. The van der Waals surface area contributed by atoms with Crippen molar-refractivity contribution in [3.05, 3.63) is 97.7 Å². The zero-order valence-corrected chi connectivity index (χ0v) is 21.0. The predicted molar refractivity (Wildman–Crippen MR) is 141 cm³/mol. The van der Waals surface area contributed by atoms with E-state index in [4.69, 9.17) is 44.8 Å². The first-order chi connectivity index (χ1) is 16.4. The molecule has 0 saturated heterocycles. The first kappa shape index (κ1) is 23.1. The van der Waals surface area contributed by atoms with Gasteiger partial charge in [0.15, 0.2) is 0 Å². The third-order valence-electron chi connectivity index (χ3n) is 5.33. The SMILES string of the molecule is CCc1nc(SCc2nc3ccccc3c(=O)n2-c2ccc(Cl)c(Cl)c2)c2cc(Cl)ccc2n1. The van der Waals surface area contributed by atoms with E-state index < -0.39 is 0 Å². The second-order valence-electron chi connectivity index (χ2n) is 7.53. The molecule has 0 bridgehead atoms. The van der Waals surface area contributed by atoms with Crippen LogP contribution in [0, 0.1) is 0 Å². The van der Waals surface area contributed by atoms with Gasteiger partial charge in [0.05, 0.1) is 37.9 Å². The first-order valence-electron chi connectivity index (χ1n) is 10.5. The number of nitrogens with zero attached hydrogens (tertiary/aromatic N) is 4. The van der Waals surface area contributed by atoms with Crippen molar-refractivity contribution < 1.29 is 0 Å². The number of benzene rings is 3. The molecule has 3 aromatic carbocycles. The summed E-state index contributed by atoms with van der Waals surface area (Å²) < 4.78 is 1.58. The van der Waals surface area contributed by atoms with Crippen LogP contribution in [0.2, 0.25) is 15.1 Å². The van der Waals surface area contributed by atoms with Crippen LogP contribution in [0.5, 0.6) is 0 Å². The molecule has 0 saturated carbocycles. The summed E-state index contributed by atoms with van der Waals surface area (Å²) in [4.78, 5) is 27.7. The molecule has 0 unspecified atom stereocenters. The molecule has 5 aromatic rings. The molecule has 170 valence electrons. The van der Waals surface area contributed by atoms with Crippen molar-refractivity contribution in [2.24, 2.45) is 0 Å². The zero-order chi connectivity index (χ0) is 23.8. The number of aryl methyl sites for hydroxylation is 1. The summed E-state index contributed by atoms with van der Waals surface area (Å²) in [6.07, 6.45) is 0.703. The van der Waals surface area contributed by atoms with Crippen LogP contribution in [0.4, 0.5) is 0 Å². The zero-order valence-electron chi connectivity index (χ0n) is 17.9. The van der Waals surface area contributed by atoms with Crippen LogP contribution in [-0.4, -0.2) is 19.5 Å². The lowest BCUT2D eigenvalue weighted by Gasteiger charge is -2.15. The van der Waals surface area contributed by atoms with Crippen LogP contribution < -0.4 is 5.56 Å². The molecule has 5 rings (SSSR count). The fraction of sp³-hybridized carbons (Fsp3) is 0.120. The van der Waals surface area contributed by atoms with Crippen molar-refractivity contribution in [1.29, 1.82) is 0 Å². The Hall–Kier alpha value is -2.64. The molecular weight excluding hydrogens is 511 g/mol. The maximum absolute atomic E-state index is 13.5. The van der Waals surface area contributed by atoms with Crippen LogP contribution in [0.3, 0.4) is 0 Å². The number of para-hydroxylation sites is 1. The van der Waals surface area contributed by atoms with E-state index >= 15 is 0 Å². The fourth-order valence-electron chi connectivity index (χ4n) is 3.69. The minimum absolute atomic E-state index is 0.176. The van der Waals surface area contributed by atoms with E-state index in [1.165, 1.54) is 11.8 Å². The quantitative estimate of drug-likeness (QED) is 0.179. The number of thioether (sulfide) groups is 1. The lowest BCUT2D eigenvalue weighted by Crippen LogP contribution is -2.23. The van der Waals surface area contributed by atoms with Crippen molar-refractivity contribution in [1.82, 2.24) is 19.5 Å². The Morgan fingerprint density at radius 2 is 1.65 bits per heavy atom. The van der Waals surface area contributed by atoms with Crippen molar-refractivity contribution in [3.8, 4) is 5.69 Å². The predicted octanol–water partition coefficient (Wildman–Crippen LogP) is 7.14. The average molecular weight is 528 g/mol. The van der Waals surface area contributed by atoms with E-state index in [9.17, 15) is 4.79 Å². The number of fused-ring (bicyclic) bond motifs is 2. The first-order valence-corrected chi connectivity index (χ1v) is 12.6. The standard InChI is InChI=1S/C25H17Cl3N4OS/c1-2-22-29-21-10-7-14(26)11-17(21)24(31-22)34-13-23-30-20-6-4-3-5-16(20)25(33)32(23)15-8-9-18(27)19(28)12-15/h3-12H,2,13H2,1H3. The maximum Gasteiger partial charge on any atom is 0.265 e. The average Bonchev–Trinajstić information content (AvgIpc) is 2.84. The number of aromatic nitrogens is 4. The van der Waals surface area contributed by atoms with Gasteiger partial charge in [0.2, 0.25) is 0 Å². The summed E-state index contributed by atoms with van der Waals surface area (Å²) in [5.74, 6) is 1.70. The van der Waals surface area contributed by atoms with Gasteiger partial charge in [0.1, 0.15) is 16.7 Å². The van der Waals surface area contributed by atoms with Crippen molar-refractivity contribution in [3.63, 3.8) is 0 Å². The van der Waals surface area contributed by atoms with Crippen LogP contribution in [-0.2, 0) is 12.2 Å². The molecule has 2 aromatic heterocycles. The van der Waals surface area contributed by atoms with Crippen LogP contribution in [0.25, 0.3) is 27.5 Å². The third-order valence-corrected chi connectivity index (χ3v) is 7.29. The molecule has 0 spiro atoms. The summed E-state index contributed by atoms with van der Waals surface area (Å²) in [5.41, 5.74) is 1.87.